The molecule has 2 heterocycles. The van der Waals surface area contributed by atoms with E-state index >= 15 is 0 Å². The molecule has 2 amide bonds. The average Bonchev–Trinajstić information content (AvgIpc) is 2.88. The van der Waals surface area contributed by atoms with E-state index in [-0.39, 0.29) is 12.2 Å². The quantitative estimate of drug-likeness (QED) is 0.464. The van der Waals surface area contributed by atoms with Gasteiger partial charge in [0, 0.05) is 18.9 Å². The highest BCUT2D eigenvalue weighted by Gasteiger charge is 2.34. The number of nitrogens with one attached hydrogen (secondary N) is 1. The minimum absolute atomic E-state index is 0.171. The van der Waals surface area contributed by atoms with E-state index in [4.69, 9.17) is 0 Å². The third kappa shape index (κ3) is 5.27. The standard InChI is InChI=1S/C26H21FN4O2/c27-21-13-11-20(12-14-21)24(25(32)30-17-19-7-2-1-3-8-19)31(22-9-6-15-28-18-22)26(33)23-10-4-5-16-29-23/h1-16,18,24H,17H2,(H,30,32)/t24-/m0/s1. The summed E-state index contributed by atoms with van der Waals surface area (Å²) in [6, 6.07) is 22.2. The molecule has 0 saturated carbocycles. The van der Waals surface area contributed by atoms with Crippen molar-refractivity contribution >= 4 is 17.5 Å². The number of anilines is 1. The van der Waals surface area contributed by atoms with Crippen molar-refractivity contribution in [2.75, 3.05) is 4.90 Å². The normalized spacial score (nSPS) is 11.4. The molecular weight excluding hydrogens is 419 g/mol. The van der Waals surface area contributed by atoms with E-state index in [0.717, 1.165) is 5.56 Å². The lowest BCUT2D eigenvalue weighted by atomic mass is 10.0. The number of carbonyl (C=O) groups is 2. The molecule has 164 valence electrons. The van der Waals surface area contributed by atoms with Crippen LogP contribution in [0.25, 0.3) is 0 Å². The largest absolute Gasteiger partial charge is 0.350 e. The summed E-state index contributed by atoms with van der Waals surface area (Å²) in [6.07, 6.45) is 4.59. The molecule has 1 N–H and O–H groups in total. The molecular formula is C26H21FN4O2. The van der Waals surface area contributed by atoms with Gasteiger partial charge in [0.05, 0.1) is 11.9 Å². The number of pyridine rings is 2. The number of amides is 2. The lowest BCUT2D eigenvalue weighted by Gasteiger charge is -2.31. The molecule has 1 atom stereocenters. The van der Waals surface area contributed by atoms with Gasteiger partial charge in [-0.05, 0) is 47.5 Å². The van der Waals surface area contributed by atoms with Crippen molar-refractivity contribution in [2.24, 2.45) is 0 Å². The van der Waals surface area contributed by atoms with Crippen LogP contribution in [0.1, 0.15) is 27.7 Å². The number of benzene rings is 2. The topological polar surface area (TPSA) is 75.2 Å². The molecule has 4 rings (SSSR count). The van der Waals surface area contributed by atoms with E-state index in [1.807, 2.05) is 30.3 Å². The SMILES string of the molecule is O=C(NCc1ccccc1)[C@H](c1ccc(F)cc1)N(C(=O)c1ccccn1)c1cccnc1. The van der Waals surface area contributed by atoms with E-state index in [1.165, 1.54) is 41.6 Å². The van der Waals surface area contributed by atoms with E-state index in [2.05, 4.69) is 15.3 Å². The molecule has 4 aromatic rings. The fourth-order valence-corrected chi connectivity index (χ4v) is 3.44. The van der Waals surface area contributed by atoms with E-state index < -0.39 is 23.7 Å². The Bertz CT molecular complexity index is 1200. The van der Waals surface area contributed by atoms with Crippen LogP contribution < -0.4 is 10.2 Å². The van der Waals surface area contributed by atoms with Crippen LogP contribution in [0.5, 0.6) is 0 Å². The Labute approximate surface area is 190 Å². The summed E-state index contributed by atoms with van der Waals surface area (Å²) in [5.41, 5.74) is 1.95. The van der Waals surface area contributed by atoms with Crippen LogP contribution in [-0.4, -0.2) is 21.8 Å². The van der Waals surface area contributed by atoms with Gasteiger partial charge < -0.3 is 5.32 Å². The summed E-state index contributed by atoms with van der Waals surface area (Å²) in [5.74, 6) is -1.34. The van der Waals surface area contributed by atoms with Crippen molar-refractivity contribution in [1.82, 2.24) is 15.3 Å². The molecule has 0 spiro atoms. The van der Waals surface area contributed by atoms with E-state index in [9.17, 15) is 14.0 Å². The molecule has 7 heteroatoms. The first-order valence-corrected chi connectivity index (χ1v) is 10.4. The predicted octanol–water partition coefficient (Wildman–Crippen LogP) is 4.32. The van der Waals surface area contributed by atoms with Crippen molar-refractivity contribution in [1.29, 1.82) is 0 Å². The maximum atomic E-state index is 13.7. The van der Waals surface area contributed by atoms with E-state index in [0.29, 0.717) is 11.3 Å². The number of rotatable bonds is 7. The van der Waals surface area contributed by atoms with Crippen LogP contribution in [0.2, 0.25) is 0 Å². The predicted molar refractivity (Wildman–Crippen MR) is 123 cm³/mol. The lowest BCUT2D eigenvalue weighted by Crippen LogP contribution is -2.44. The minimum atomic E-state index is -1.08. The molecule has 0 unspecified atom stereocenters. The monoisotopic (exact) mass is 440 g/mol. The molecule has 0 aliphatic carbocycles. The summed E-state index contributed by atoms with van der Waals surface area (Å²) >= 11 is 0. The maximum Gasteiger partial charge on any atom is 0.277 e. The summed E-state index contributed by atoms with van der Waals surface area (Å²) in [5, 5.41) is 2.90. The van der Waals surface area contributed by atoms with Crippen LogP contribution in [0.15, 0.2) is 104 Å². The number of halogens is 1. The van der Waals surface area contributed by atoms with Crippen LogP contribution in [0.3, 0.4) is 0 Å². The lowest BCUT2D eigenvalue weighted by molar-refractivity contribution is -0.122. The van der Waals surface area contributed by atoms with Crippen LogP contribution in [-0.2, 0) is 11.3 Å². The van der Waals surface area contributed by atoms with Gasteiger partial charge in [0.15, 0.2) is 0 Å². The molecule has 0 aliphatic rings. The Balaban J connectivity index is 1.76. The highest BCUT2D eigenvalue weighted by molar-refractivity contribution is 6.09. The average molecular weight is 440 g/mol. The zero-order valence-electron chi connectivity index (χ0n) is 17.6. The van der Waals surface area contributed by atoms with Crippen molar-refractivity contribution in [3.05, 3.63) is 126 Å². The number of nitrogens with zero attached hydrogens (tertiary/aromatic N) is 3. The van der Waals surface area contributed by atoms with Gasteiger partial charge in [0.2, 0.25) is 5.91 Å². The van der Waals surface area contributed by atoms with Crippen LogP contribution in [0.4, 0.5) is 10.1 Å². The van der Waals surface area contributed by atoms with Gasteiger partial charge in [-0.25, -0.2) is 4.39 Å². The molecule has 0 radical (unpaired) electrons. The first-order chi connectivity index (χ1) is 16.1. The second-order valence-corrected chi connectivity index (χ2v) is 7.26. The Morgan fingerprint density at radius 2 is 1.64 bits per heavy atom. The summed E-state index contributed by atoms with van der Waals surface area (Å²) in [6.45, 7) is 0.274. The zero-order valence-corrected chi connectivity index (χ0v) is 17.6. The van der Waals surface area contributed by atoms with Gasteiger partial charge in [-0.15, -0.1) is 0 Å². The molecule has 0 fully saturated rings. The fraction of sp³-hybridized carbons (Fsp3) is 0.0769. The van der Waals surface area contributed by atoms with Crippen molar-refractivity contribution in [2.45, 2.75) is 12.6 Å². The van der Waals surface area contributed by atoms with E-state index in [1.54, 1.807) is 36.5 Å². The molecule has 33 heavy (non-hydrogen) atoms. The van der Waals surface area contributed by atoms with Crippen molar-refractivity contribution in [3.8, 4) is 0 Å². The number of hydrogen-bond acceptors (Lipinski definition) is 4. The highest BCUT2D eigenvalue weighted by Crippen LogP contribution is 2.29. The number of aromatic nitrogens is 2. The third-order valence-electron chi connectivity index (χ3n) is 5.03. The smallest absolute Gasteiger partial charge is 0.277 e. The Morgan fingerprint density at radius 3 is 2.30 bits per heavy atom. The van der Waals surface area contributed by atoms with Gasteiger partial charge in [-0.3, -0.25) is 24.5 Å². The summed E-state index contributed by atoms with van der Waals surface area (Å²) < 4.78 is 13.7. The maximum absolute atomic E-state index is 13.7. The zero-order chi connectivity index (χ0) is 23.0. The van der Waals surface area contributed by atoms with Gasteiger partial charge in [0.1, 0.15) is 17.6 Å². The van der Waals surface area contributed by atoms with Gasteiger partial charge in [-0.2, -0.15) is 0 Å². The molecule has 0 saturated heterocycles. The molecule has 0 aliphatic heterocycles. The molecule has 6 nitrogen and oxygen atoms in total. The number of hydrogen-bond donors (Lipinski definition) is 1. The van der Waals surface area contributed by atoms with Crippen LogP contribution in [0, 0.1) is 5.82 Å². The first kappa shape index (κ1) is 21.8. The minimum Gasteiger partial charge on any atom is -0.350 e. The van der Waals surface area contributed by atoms with Gasteiger partial charge in [0.25, 0.3) is 5.91 Å². The highest BCUT2D eigenvalue weighted by atomic mass is 19.1. The van der Waals surface area contributed by atoms with Crippen molar-refractivity contribution < 1.29 is 14.0 Å². The van der Waals surface area contributed by atoms with Gasteiger partial charge >= 0.3 is 0 Å². The molecule has 2 aromatic heterocycles. The Morgan fingerprint density at radius 1 is 0.879 bits per heavy atom. The fourth-order valence-electron chi connectivity index (χ4n) is 3.44. The van der Waals surface area contributed by atoms with Crippen LogP contribution >= 0.6 is 0 Å². The Hall–Kier alpha value is -4.39. The molecule has 0 bridgehead atoms. The Kier molecular flexibility index (Phi) is 6.80. The second-order valence-electron chi connectivity index (χ2n) is 7.26. The number of carbonyl (C=O) groups excluding carboxylic acids is 2. The van der Waals surface area contributed by atoms with Crippen molar-refractivity contribution in [3.63, 3.8) is 0 Å². The first-order valence-electron chi connectivity index (χ1n) is 10.4. The van der Waals surface area contributed by atoms with Gasteiger partial charge in [-0.1, -0.05) is 48.5 Å². The summed E-state index contributed by atoms with van der Waals surface area (Å²) in [7, 11) is 0. The summed E-state index contributed by atoms with van der Waals surface area (Å²) in [4.78, 5) is 36.7. The second kappa shape index (κ2) is 10.3. The third-order valence-corrected chi connectivity index (χ3v) is 5.03. The molecule has 2 aromatic carbocycles.